The van der Waals surface area contributed by atoms with Crippen molar-refractivity contribution in [1.29, 1.82) is 0 Å². The maximum absolute atomic E-state index is 12.6. The number of benzene rings is 3. The average molecular weight is 480 g/mol. The van der Waals surface area contributed by atoms with Crippen molar-refractivity contribution in [2.24, 2.45) is 5.10 Å². The predicted octanol–water partition coefficient (Wildman–Crippen LogP) is 5.55. The first kappa shape index (κ1) is 22.9. The molecular formula is C28H25N5O3. The van der Waals surface area contributed by atoms with E-state index >= 15 is 0 Å². The molecule has 0 unspecified atom stereocenters. The first-order valence-electron chi connectivity index (χ1n) is 11.4. The molecule has 5 rings (SSSR count). The number of methoxy groups -OCH3 is 2. The fraction of sp³-hybridized carbons (Fsp3) is 0.107. The molecule has 1 amide bonds. The van der Waals surface area contributed by atoms with Crippen LogP contribution in [0.1, 0.15) is 21.7 Å². The van der Waals surface area contributed by atoms with E-state index in [4.69, 9.17) is 9.47 Å². The molecule has 180 valence electrons. The van der Waals surface area contributed by atoms with Crippen molar-refractivity contribution < 1.29 is 14.3 Å². The van der Waals surface area contributed by atoms with Gasteiger partial charge in [0.15, 0.2) is 0 Å². The Morgan fingerprint density at radius 2 is 1.83 bits per heavy atom. The van der Waals surface area contributed by atoms with Crippen molar-refractivity contribution in [3.63, 3.8) is 0 Å². The predicted molar refractivity (Wildman–Crippen MR) is 143 cm³/mol. The number of aryl methyl sites for hydroxylation is 1. The number of carbonyl (C=O) groups is 1. The van der Waals surface area contributed by atoms with Crippen molar-refractivity contribution in [2.75, 3.05) is 19.5 Å². The molecule has 5 aromatic rings. The second kappa shape index (κ2) is 9.79. The number of hydrogen-bond donors (Lipinski definition) is 3. The van der Waals surface area contributed by atoms with Gasteiger partial charge in [0.25, 0.3) is 5.91 Å². The number of hydrogen-bond acceptors (Lipinski definition) is 6. The Balaban J connectivity index is 1.34. The zero-order valence-corrected chi connectivity index (χ0v) is 20.1. The first-order chi connectivity index (χ1) is 17.5. The average Bonchev–Trinajstić information content (AvgIpc) is 3.32. The SMILES string of the molecule is COc1ccc(/C=N/NC(=O)c2cc3cc(Nc4cc(C)nc5c(OC)cccc45)ccc3[nH]2)cc1. The summed E-state index contributed by atoms with van der Waals surface area (Å²) in [5.41, 5.74) is 8.18. The summed E-state index contributed by atoms with van der Waals surface area (Å²) in [4.78, 5) is 20.4. The second-order valence-electron chi connectivity index (χ2n) is 8.25. The summed E-state index contributed by atoms with van der Waals surface area (Å²) < 4.78 is 10.6. The minimum Gasteiger partial charge on any atom is -0.497 e. The van der Waals surface area contributed by atoms with Gasteiger partial charge in [0, 0.05) is 33.4 Å². The lowest BCUT2D eigenvalue weighted by Crippen LogP contribution is -2.17. The van der Waals surface area contributed by atoms with Gasteiger partial charge in [-0.3, -0.25) is 4.79 Å². The number of amides is 1. The molecule has 0 atom stereocenters. The highest BCUT2D eigenvalue weighted by Gasteiger charge is 2.11. The van der Waals surface area contributed by atoms with Gasteiger partial charge in [0.1, 0.15) is 22.7 Å². The van der Waals surface area contributed by atoms with E-state index in [1.165, 1.54) is 0 Å². The smallest absolute Gasteiger partial charge is 0.287 e. The van der Waals surface area contributed by atoms with Gasteiger partial charge in [-0.25, -0.2) is 10.4 Å². The number of pyridine rings is 1. The Morgan fingerprint density at radius 1 is 1.00 bits per heavy atom. The molecule has 0 saturated carbocycles. The molecule has 0 radical (unpaired) electrons. The molecule has 2 heterocycles. The number of nitrogens with one attached hydrogen (secondary N) is 3. The summed E-state index contributed by atoms with van der Waals surface area (Å²) in [5.74, 6) is 1.16. The Hall–Kier alpha value is -4.85. The van der Waals surface area contributed by atoms with Crippen LogP contribution in [0.4, 0.5) is 11.4 Å². The Kier molecular flexibility index (Phi) is 6.23. The van der Waals surface area contributed by atoms with Crippen molar-refractivity contribution in [2.45, 2.75) is 6.92 Å². The van der Waals surface area contributed by atoms with Crippen LogP contribution < -0.4 is 20.2 Å². The molecule has 0 aliphatic carbocycles. The zero-order valence-electron chi connectivity index (χ0n) is 20.1. The minimum absolute atomic E-state index is 0.326. The highest BCUT2D eigenvalue weighted by atomic mass is 16.5. The first-order valence-corrected chi connectivity index (χ1v) is 11.4. The van der Waals surface area contributed by atoms with E-state index in [2.05, 4.69) is 25.8 Å². The number of fused-ring (bicyclic) bond motifs is 2. The number of para-hydroxylation sites is 1. The summed E-state index contributed by atoms with van der Waals surface area (Å²) in [6.07, 6.45) is 1.58. The van der Waals surface area contributed by atoms with Gasteiger partial charge < -0.3 is 19.8 Å². The minimum atomic E-state index is -0.326. The van der Waals surface area contributed by atoms with Crippen molar-refractivity contribution in [1.82, 2.24) is 15.4 Å². The third-order valence-electron chi connectivity index (χ3n) is 5.79. The molecule has 0 bridgehead atoms. The van der Waals surface area contributed by atoms with Gasteiger partial charge in [-0.15, -0.1) is 0 Å². The molecule has 0 aliphatic rings. The number of anilines is 2. The number of rotatable bonds is 7. The van der Waals surface area contributed by atoms with Crippen molar-refractivity contribution in [3.05, 3.63) is 89.7 Å². The van der Waals surface area contributed by atoms with Gasteiger partial charge in [-0.05, 0) is 73.2 Å². The van der Waals surface area contributed by atoms with Gasteiger partial charge in [0.2, 0.25) is 0 Å². The molecule has 8 heteroatoms. The lowest BCUT2D eigenvalue weighted by atomic mass is 10.1. The van der Waals surface area contributed by atoms with Gasteiger partial charge >= 0.3 is 0 Å². The summed E-state index contributed by atoms with van der Waals surface area (Å²) in [7, 11) is 3.26. The number of ether oxygens (including phenoxy) is 2. The standard InChI is InChI=1S/C28H25N5O3/c1-17-13-24(22-5-4-6-26(36-3)27(22)30-17)31-20-9-12-23-19(14-20)15-25(32-23)28(34)33-29-16-18-7-10-21(35-2)11-8-18/h4-16,32H,1-3H3,(H,30,31)(H,33,34)/b29-16+. The van der Waals surface area contributed by atoms with E-state index in [-0.39, 0.29) is 5.91 Å². The van der Waals surface area contributed by atoms with Gasteiger partial charge in [0.05, 0.1) is 20.4 Å². The van der Waals surface area contributed by atoms with Crippen LogP contribution in [0.2, 0.25) is 0 Å². The Labute approximate surface area is 208 Å². The molecule has 0 saturated heterocycles. The maximum atomic E-state index is 12.6. The molecular weight excluding hydrogens is 454 g/mol. The molecule has 2 aromatic heterocycles. The zero-order chi connectivity index (χ0) is 25.1. The molecule has 36 heavy (non-hydrogen) atoms. The summed E-state index contributed by atoms with van der Waals surface area (Å²) in [5, 5.41) is 9.40. The van der Waals surface area contributed by atoms with E-state index in [0.29, 0.717) is 5.69 Å². The summed E-state index contributed by atoms with van der Waals surface area (Å²) in [6, 6.07) is 22.9. The molecule has 3 aromatic carbocycles. The highest BCUT2D eigenvalue weighted by molar-refractivity contribution is 6.00. The third kappa shape index (κ3) is 4.69. The van der Waals surface area contributed by atoms with Crippen LogP contribution in [0.25, 0.3) is 21.8 Å². The summed E-state index contributed by atoms with van der Waals surface area (Å²) in [6.45, 7) is 1.95. The van der Waals surface area contributed by atoms with Crippen LogP contribution >= 0.6 is 0 Å². The normalized spacial score (nSPS) is 11.2. The van der Waals surface area contributed by atoms with E-state index in [0.717, 1.165) is 55.9 Å². The quantitative estimate of drug-likeness (QED) is 0.210. The maximum Gasteiger partial charge on any atom is 0.287 e. The van der Waals surface area contributed by atoms with E-state index in [1.54, 1.807) is 26.5 Å². The number of nitrogens with zero attached hydrogens (tertiary/aromatic N) is 2. The molecule has 0 spiro atoms. The monoisotopic (exact) mass is 479 g/mol. The molecule has 0 fully saturated rings. The fourth-order valence-corrected chi connectivity index (χ4v) is 4.02. The lowest BCUT2D eigenvalue weighted by Gasteiger charge is -2.13. The highest BCUT2D eigenvalue weighted by Crippen LogP contribution is 2.32. The number of hydrazone groups is 1. The van der Waals surface area contributed by atoms with E-state index in [1.807, 2.05) is 73.7 Å². The molecule has 3 N–H and O–H groups in total. The topological polar surface area (TPSA) is 101 Å². The van der Waals surface area contributed by atoms with Gasteiger partial charge in [-0.2, -0.15) is 5.10 Å². The Bertz CT molecular complexity index is 1590. The van der Waals surface area contributed by atoms with Crippen LogP contribution in [-0.2, 0) is 0 Å². The Morgan fingerprint density at radius 3 is 2.61 bits per heavy atom. The van der Waals surface area contributed by atoms with E-state index in [9.17, 15) is 4.79 Å². The van der Waals surface area contributed by atoms with Gasteiger partial charge in [-0.1, -0.05) is 12.1 Å². The lowest BCUT2D eigenvalue weighted by molar-refractivity contribution is 0.0951. The van der Waals surface area contributed by atoms with E-state index < -0.39 is 0 Å². The number of carbonyl (C=O) groups excluding carboxylic acids is 1. The number of H-pyrrole nitrogens is 1. The number of aromatic amines is 1. The van der Waals surface area contributed by atoms with Crippen LogP contribution in [0.15, 0.2) is 77.9 Å². The largest absolute Gasteiger partial charge is 0.497 e. The van der Waals surface area contributed by atoms with Crippen LogP contribution in [0.3, 0.4) is 0 Å². The van der Waals surface area contributed by atoms with Crippen molar-refractivity contribution in [3.8, 4) is 11.5 Å². The van der Waals surface area contributed by atoms with Crippen LogP contribution in [0.5, 0.6) is 11.5 Å². The van der Waals surface area contributed by atoms with Crippen molar-refractivity contribution >= 4 is 45.3 Å². The third-order valence-corrected chi connectivity index (χ3v) is 5.79. The molecule has 8 nitrogen and oxygen atoms in total. The van der Waals surface area contributed by atoms with Crippen LogP contribution in [-0.4, -0.2) is 36.3 Å². The number of aromatic nitrogens is 2. The fourth-order valence-electron chi connectivity index (χ4n) is 4.02. The van der Waals surface area contributed by atoms with Crippen LogP contribution in [0, 0.1) is 6.92 Å². The summed E-state index contributed by atoms with van der Waals surface area (Å²) >= 11 is 0. The molecule has 0 aliphatic heterocycles. The second-order valence-corrected chi connectivity index (χ2v) is 8.25.